The molecule has 30 heavy (non-hydrogen) atoms. The highest BCUT2D eigenvalue weighted by Crippen LogP contribution is 2.28. The van der Waals surface area contributed by atoms with E-state index in [-0.39, 0.29) is 37.1 Å². The third-order valence-electron chi connectivity index (χ3n) is 5.09. The number of aromatic nitrogens is 1. The summed E-state index contributed by atoms with van der Waals surface area (Å²) in [6.07, 6.45) is 0.550. The van der Waals surface area contributed by atoms with Gasteiger partial charge in [0.05, 0.1) is 12.2 Å². The van der Waals surface area contributed by atoms with Gasteiger partial charge in [-0.15, -0.1) is 11.3 Å². The van der Waals surface area contributed by atoms with Gasteiger partial charge in [0, 0.05) is 29.3 Å². The van der Waals surface area contributed by atoms with Crippen LogP contribution in [0.15, 0.2) is 47.8 Å². The SMILES string of the molecule is Cc1ccc(-c2csc(NC(=O)c3ccc(CN4C(=O)CCC4=O)cc3)n2)c(C)c1. The van der Waals surface area contributed by atoms with E-state index < -0.39 is 0 Å². The Morgan fingerprint density at radius 1 is 1.07 bits per heavy atom. The molecule has 3 aromatic rings. The molecule has 4 rings (SSSR count). The van der Waals surface area contributed by atoms with Gasteiger partial charge in [-0.1, -0.05) is 35.9 Å². The lowest BCUT2D eigenvalue weighted by atomic mass is 10.0. The van der Waals surface area contributed by atoms with Crippen molar-refractivity contribution in [3.63, 3.8) is 0 Å². The molecule has 1 aromatic heterocycles. The molecule has 7 heteroatoms. The van der Waals surface area contributed by atoms with Crippen LogP contribution in [0, 0.1) is 13.8 Å². The summed E-state index contributed by atoms with van der Waals surface area (Å²) in [6.45, 7) is 4.34. The van der Waals surface area contributed by atoms with Crippen LogP contribution < -0.4 is 5.32 Å². The number of anilines is 1. The second kappa shape index (κ2) is 8.20. The number of likely N-dealkylation sites (tertiary alicyclic amines) is 1. The molecule has 1 aliphatic heterocycles. The van der Waals surface area contributed by atoms with Crippen molar-refractivity contribution in [1.29, 1.82) is 0 Å². The molecule has 0 radical (unpaired) electrons. The molecule has 0 saturated carbocycles. The van der Waals surface area contributed by atoms with Gasteiger partial charge < -0.3 is 0 Å². The van der Waals surface area contributed by atoms with Crippen LogP contribution in [0.3, 0.4) is 0 Å². The summed E-state index contributed by atoms with van der Waals surface area (Å²) in [6, 6.07) is 13.1. The second-order valence-electron chi connectivity index (χ2n) is 7.38. The van der Waals surface area contributed by atoms with Gasteiger partial charge >= 0.3 is 0 Å². The summed E-state index contributed by atoms with van der Waals surface area (Å²) in [7, 11) is 0. The Bertz CT molecular complexity index is 1120. The number of nitrogens with zero attached hydrogens (tertiary/aromatic N) is 2. The van der Waals surface area contributed by atoms with Gasteiger partial charge in [-0.25, -0.2) is 4.98 Å². The Morgan fingerprint density at radius 3 is 2.43 bits per heavy atom. The van der Waals surface area contributed by atoms with Gasteiger partial charge in [0.2, 0.25) is 11.8 Å². The van der Waals surface area contributed by atoms with Gasteiger partial charge in [0.25, 0.3) is 5.91 Å². The van der Waals surface area contributed by atoms with E-state index in [4.69, 9.17) is 0 Å². The standard InChI is InChI=1S/C23H21N3O3S/c1-14-3-8-18(15(2)11-14)19-13-30-23(24-19)25-22(29)17-6-4-16(5-7-17)12-26-20(27)9-10-21(26)28/h3-8,11,13H,9-10,12H2,1-2H3,(H,24,25,29). The number of amides is 3. The number of carbonyl (C=O) groups is 3. The van der Waals surface area contributed by atoms with E-state index in [0.717, 1.165) is 22.4 Å². The molecule has 3 amide bonds. The quantitative estimate of drug-likeness (QED) is 0.625. The Balaban J connectivity index is 1.42. The minimum absolute atomic E-state index is 0.148. The third-order valence-corrected chi connectivity index (χ3v) is 5.85. The maximum Gasteiger partial charge on any atom is 0.257 e. The first-order chi connectivity index (χ1) is 14.4. The minimum Gasteiger partial charge on any atom is -0.298 e. The Kier molecular flexibility index (Phi) is 5.46. The molecule has 1 aliphatic rings. The molecule has 6 nitrogen and oxygen atoms in total. The zero-order chi connectivity index (χ0) is 21.3. The zero-order valence-electron chi connectivity index (χ0n) is 16.8. The van der Waals surface area contributed by atoms with Crippen molar-refractivity contribution in [1.82, 2.24) is 9.88 Å². The Morgan fingerprint density at radius 2 is 1.77 bits per heavy atom. The molecule has 0 spiro atoms. The average molecular weight is 420 g/mol. The summed E-state index contributed by atoms with van der Waals surface area (Å²) in [5, 5.41) is 5.30. The summed E-state index contributed by atoms with van der Waals surface area (Å²) in [4.78, 5) is 41.9. The van der Waals surface area contributed by atoms with E-state index in [0.29, 0.717) is 10.7 Å². The fraction of sp³-hybridized carbons (Fsp3) is 0.217. The summed E-state index contributed by atoms with van der Waals surface area (Å²) >= 11 is 1.38. The molecule has 0 aliphatic carbocycles. The molecule has 1 fully saturated rings. The number of benzene rings is 2. The highest BCUT2D eigenvalue weighted by atomic mass is 32.1. The Labute approximate surface area is 178 Å². The molecule has 1 N–H and O–H groups in total. The van der Waals surface area contributed by atoms with Crippen LogP contribution in [0.4, 0.5) is 5.13 Å². The van der Waals surface area contributed by atoms with Crippen LogP contribution in [-0.4, -0.2) is 27.6 Å². The molecule has 0 bridgehead atoms. The van der Waals surface area contributed by atoms with Gasteiger partial charge in [-0.2, -0.15) is 0 Å². The van der Waals surface area contributed by atoms with E-state index in [2.05, 4.69) is 23.3 Å². The van der Waals surface area contributed by atoms with E-state index in [9.17, 15) is 14.4 Å². The number of hydrogen-bond donors (Lipinski definition) is 1. The van der Waals surface area contributed by atoms with Crippen LogP contribution in [-0.2, 0) is 16.1 Å². The van der Waals surface area contributed by atoms with E-state index in [1.807, 2.05) is 24.4 Å². The largest absolute Gasteiger partial charge is 0.298 e. The molecule has 0 atom stereocenters. The number of imide groups is 1. The van der Waals surface area contributed by atoms with Crippen molar-refractivity contribution >= 4 is 34.2 Å². The van der Waals surface area contributed by atoms with Gasteiger partial charge in [-0.05, 0) is 37.1 Å². The number of nitrogens with one attached hydrogen (secondary N) is 1. The van der Waals surface area contributed by atoms with Crippen LogP contribution in [0.25, 0.3) is 11.3 Å². The van der Waals surface area contributed by atoms with Crippen LogP contribution >= 0.6 is 11.3 Å². The number of thiazole rings is 1. The van der Waals surface area contributed by atoms with Crippen molar-refractivity contribution < 1.29 is 14.4 Å². The first kappa shape index (κ1) is 20.0. The van der Waals surface area contributed by atoms with Crippen molar-refractivity contribution in [2.45, 2.75) is 33.2 Å². The molecule has 2 aromatic carbocycles. The Hall–Kier alpha value is -3.32. The monoisotopic (exact) mass is 419 g/mol. The van der Waals surface area contributed by atoms with Crippen LogP contribution in [0.1, 0.15) is 39.9 Å². The van der Waals surface area contributed by atoms with Crippen molar-refractivity contribution in [2.24, 2.45) is 0 Å². The smallest absolute Gasteiger partial charge is 0.257 e. The van der Waals surface area contributed by atoms with Crippen LogP contribution in [0.5, 0.6) is 0 Å². The van der Waals surface area contributed by atoms with Crippen molar-refractivity contribution in [3.05, 3.63) is 70.1 Å². The fourth-order valence-electron chi connectivity index (χ4n) is 3.47. The van der Waals surface area contributed by atoms with Gasteiger partial charge in [-0.3, -0.25) is 24.6 Å². The predicted molar refractivity (Wildman–Crippen MR) is 116 cm³/mol. The first-order valence-electron chi connectivity index (χ1n) is 9.67. The number of hydrogen-bond acceptors (Lipinski definition) is 5. The summed E-state index contributed by atoms with van der Waals surface area (Å²) in [5.74, 6) is -0.549. The maximum absolute atomic E-state index is 12.6. The number of aryl methyl sites for hydroxylation is 2. The molecule has 0 unspecified atom stereocenters. The lowest BCUT2D eigenvalue weighted by molar-refractivity contribution is -0.139. The average Bonchev–Trinajstić information content (AvgIpc) is 3.30. The number of carbonyl (C=O) groups excluding carboxylic acids is 3. The van der Waals surface area contributed by atoms with Crippen molar-refractivity contribution in [2.75, 3.05) is 5.32 Å². The highest BCUT2D eigenvalue weighted by Gasteiger charge is 2.28. The molecule has 1 saturated heterocycles. The maximum atomic E-state index is 12.6. The normalized spacial score (nSPS) is 13.7. The number of rotatable bonds is 5. The topological polar surface area (TPSA) is 79.4 Å². The summed E-state index contributed by atoms with van der Waals surface area (Å²) in [5.41, 5.74) is 5.52. The van der Waals surface area contributed by atoms with Gasteiger partial charge in [0.15, 0.2) is 5.13 Å². The fourth-order valence-corrected chi connectivity index (χ4v) is 4.17. The highest BCUT2D eigenvalue weighted by molar-refractivity contribution is 7.14. The first-order valence-corrected chi connectivity index (χ1v) is 10.6. The van der Waals surface area contributed by atoms with E-state index >= 15 is 0 Å². The summed E-state index contributed by atoms with van der Waals surface area (Å²) < 4.78 is 0. The zero-order valence-corrected chi connectivity index (χ0v) is 17.6. The molecule has 152 valence electrons. The third kappa shape index (κ3) is 4.16. The second-order valence-corrected chi connectivity index (χ2v) is 8.24. The molecular weight excluding hydrogens is 398 g/mol. The molecule has 2 heterocycles. The van der Waals surface area contributed by atoms with E-state index in [1.54, 1.807) is 24.3 Å². The lowest BCUT2D eigenvalue weighted by Crippen LogP contribution is -2.28. The predicted octanol–water partition coefficient (Wildman–Crippen LogP) is 4.33. The van der Waals surface area contributed by atoms with E-state index in [1.165, 1.54) is 21.8 Å². The van der Waals surface area contributed by atoms with Crippen LogP contribution in [0.2, 0.25) is 0 Å². The van der Waals surface area contributed by atoms with Crippen molar-refractivity contribution in [3.8, 4) is 11.3 Å². The molecular formula is C23H21N3O3S. The lowest BCUT2D eigenvalue weighted by Gasteiger charge is -2.13. The minimum atomic E-state index is -0.253. The van der Waals surface area contributed by atoms with Gasteiger partial charge in [0.1, 0.15) is 0 Å².